The van der Waals surface area contributed by atoms with E-state index in [1.807, 2.05) is 6.08 Å². The Kier molecular flexibility index (Phi) is 2.18. The minimum absolute atomic E-state index is 0.224. The average molecular weight is 208 g/mol. The first-order valence-electron chi connectivity index (χ1n) is 6.28. The van der Waals surface area contributed by atoms with Crippen molar-refractivity contribution < 1.29 is 9.84 Å². The number of allylic oxidation sites excluding steroid dienone is 1. The molecule has 0 aromatic carbocycles. The average Bonchev–Trinajstić information content (AvgIpc) is 2.84. The van der Waals surface area contributed by atoms with Crippen molar-refractivity contribution in [3.05, 3.63) is 12.2 Å². The van der Waals surface area contributed by atoms with Crippen LogP contribution in [0.2, 0.25) is 0 Å². The molecular weight excluding hydrogens is 188 g/mol. The van der Waals surface area contributed by atoms with E-state index in [2.05, 4.69) is 6.08 Å². The molecule has 84 valence electrons. The van der Waals surface area contributed by atoms with Crippen LogP contribution < -0.4 is 0 Å². The van der Waals surface area contributed by atoms with E-state index in [-0.39, 0.29) is 17.1 Å². The van der Waals surface area contributed by atoms with Gasteiger partial charge in [0.1, 0.15) is 11.7 Å². The van der Waals surface area contributed by atoms with Gasteiger partial charge in [-0.05, 0) is 32.1 Å². The van der Waals surface area contributed by atoms with Gasteiger partial charge in [-0.1, -0.05) is 25.0 Å². The van der Waals surface area contributed by atoms with Gasteiger partial charge in [-0.2, -0.15) is 0 Å². The highest BCUT2D eigenvalue weighted by molar-refractivity contribution is 5.19. The summed E-state index contributed by atoms with van der Waals surface area (Å²) < 4.78 is 6.03. The molecule has 0 aromatic rings. The van der Waals surface area contributed by atoms with Crippen LogP contribution in [0.15, 0.2) is 12.2 Å². The van der Waals surface area contributed by atoms with Gasteiger partial charge in [0, 0.05) is 12.0 Å². The van der Waals surface area contributed by atoms with E-state index in [0.29, 0.717) is 0 Å². The second kappa shape index (κ2) is 3.33. The minimum Gasteiger partial charge on any atom is -0.386 e. The van der Waals surface area contributed by atoms with Crippen LogP contribution in [-0.4, -0.2) is 23.4 Å². The first-order chi connectivity index (χ1) is 7.29. The quantitative estimate of drug-likeness (QED) is 0.619. The molecule has 2 atom stereocenters. The largest absolute Gasteiger partial charge is 0.386 e. The number of aliphatic hydroxyl groups is 1. The molecule has 1 N–H and O–H groups in total. The van der Waals surface area contributed by atoms with Crippen molar-refractivity contribution in [2.75, 3.05) is 6.61 Å². The van der Waals surface area contributed by atoms with Gasteiger partial charge in [0.05, 0.1) is 0 Å². The van der Waals surface area contributed by atoms with Gasteiger partial charge in [0.2, 0.25) is 0 Å². The molecule has 0 amide bonds. The molecule has 0 aromatic heterocycles. The number of rotatable bonds is 0. The fourth-order valence-corrected chi connectivity index (χ4v) is 4.06. The SMILES string of the molecule is O[C@H]1C=CCC2(CCCC2)[C@@]12CCCO2. The van der Waals surface area contributed by atoms with Gasteiger partial charge < -0.3 is 9.84 Å². The lowest BCUT2D eigenvalue weighted by atomic mass is 9.62. The topological polar surface area (TPSA) is 29.5 Å². The molecule has 1 saturated carbocycles. The van der Waals surface area contributed by atoms with E-state index >= 15 is 0 Å². The molecule has 15 heavy (non-hydrogen) atoms. The molecule has 1 saturated heterocycles. The summed E-state index contributed by atoms with van der Waals surface area (Å²) in [6.07, 6.45) is 12.2. The van der Waals surface area contributed by atoms with Gasteiger partial charge in [0.15, 0.2) is 0 Å². The molecule has 3 aliphatic rings. The Hall–Kier alpha value is -0.340. The van der Waals surface area contributed by atoms with Crippen molar-refractivity contribution in [3.8, 4) is 0 Å². The van der Waals surface area contributed by atoms with Gasteiger partial charge in [-0.25, -0.2) is 0 Å². The Morgan fingerprint density at radius 1 is 1.13 bits per heavy atom. The molecule has 1 aliphatic heterocycles. The first kappa shape index (κ1) is 9.86. The molecule has 0 bridgehead atoms. The van der Waals surface area contributed by atoms with Gasteiger partial charge in [0.25, 0.3) is 0 Å². The van der Waals surface area contributed by atoms with E-state index < -0.39 is 0 Å². The van der Waals surface area contributed by atoms with Gasteiger partial charge in [-0.15, -0.1) is 0 Å². The van der Waals surface area contributed by atoms with Crippen molar-refractivity contribution in [3.63, 3.8) is 0 Å². The minimum atomic E-state index is -0.369. The Labute approximate surface area is 91.3 Å². The van der Waals surface area contributed by atoms with Crippen LogP contribution in [0.3, 0.4) is 0 Å². The number of hydrogen-bond donors (Lipinski definition) is 1. The zero-order chi connectivity index (χ0) is 10.4. The van der Waals surface area contributed by atoms with Crippen LogP contribution >= 0.6 is 0 Å². The molecule has 3 rings (SSSR count). The van der Waals surface area contributed by atoms with Crippen molar-refractivity contribution in [1.82, 2.24) is 0 Å². The van der Waals surface area contributed by atoms with E-state index in [0.717, 1.165) is 25.9 Å². The molecule has 2 nitrogen and oxygen atoms in total. The molecule has 0 radical (unpaired) electrons. The third-order valence-electron chi connectivity index (χ3n) is 4.82. The monoisotopic (exact) mass is 208 g/mol. The summed E-state index contributed by atoms with van der Waals surface area (Å²) >= 11 is 0. The Morgan fingerprint density at radius 2 is 1.93 bits per heavy atom. The third kappa shape index (κ3) is 1.18. The number of ether oxygens (including phenoxy) is 1. The lowest BCUT2D eigenvalue weighted by Crippen LogP contribution is -2.55. The lowest BCUT2D eigenvalue weighted by molar-refractivity contribution is -0.157. The van der Waals surface area contributed by atoms with Crippen molar-refractivity contribution in [2.45, 2.75) is 56.7 Å². The summed E-state index contributed by atoms with van der Waals surface area (Å²) in [6, 6.07) is 0. The highest BCUT2D eigenvalue weighted by atomic mass is 16.5. The molecule has 0 unspecified atom stereocenters. The van der Waals surface area contributed by atoms with Crippen molar-refractivity contribution in [2.24, 2.45) is 5.41 Å². The second-order valence-corrected chi connectivity index (χ2v) is 5.41. The van der Waals surface area contributed by atoms with E-state index in [1.54, 1.807) is 0 Å². The molecule has 1 heterocycles. The smallest absolute Gasteiger partial charge is 0.103 e. The van der Waals surface area contributed by atoms with Crippen molar-refractivity contribution in [1.29, 1.82) is 0 Å². The number of hydrogen-bond acceptors (Lipinski definition) is 2. The summed E-state index contributed by atoms with van der Waals surface area (Å²) in [6.45, 7) is 0.840. The van der Waals surface area contributed by atoms with E-state index in [1.165, 1.54) is 25.7 Å². The summed E-state index contributed by atoms with van der Waals surface area (Å²) in [5, 5.41) is 10.3. The molecule has 2 spiro atoms. The standard InChI is InChI=1S/C13H20O2/c14-11-5-3-8-12(6-1-2-7-12)13(11)9-4-10-15-13/h3,5,11,14H,1-2,4,6-10H2/t11-,13+/m0/s1. The molecule has 2 heteroatoms. The molecule has 2 aliphatic carbocycles. The fourth-order valence-electron chi connectivity index (χ4n) is 4.06. The summed E-state index contributed by atoms with van der Waals surface area (Å²) in [7, 11) is 0. The summed E-state index contributed by atoms with van der Waals surface area (Å²) in [4.78, 5) is 0. The third-order valence-corrected chi connectivity index (χ3v) is 4.82. The highest BCUT2D eigenvalue weighted by Crippen LogP contribution is 2.57. The van der Waals surface area contributed by atoms with E-state index in [9.17, 15) is 5.11 Å². The first-order valence-corrected chi connectivity index (χ1v) is 6.28. The highest BCUT2D eigenvalue weighted by Gasteiger charge is 2.58. The van der Waals surface area contributed by atoms with Crippen LogP contribution in [0.25, 0.3) is 0 Å². The van der Waals surface area contributed by atoms with Crippen LogP contribution in [-0.2, 0) is 4.74 Å². The number of aliphatic hydroxyl groups excluding tert-OH is 1. The van der Waals surface area contributed by atoms with Crippen LogP contribution in [0.4, 0.5) is 0 Å². The second-order valence-electron chi connectivity index (χ2n) is 5.41. The maximum absolute atomic E-state index is 10.3. The van der Waals surface area contributed by atoms with Crippen LogP contribution in [0.5, 0.6) is 0 Å². The fraction of sp³-hybridized carbons (Fsp3) is 0.846. The predicted octanol–water partition coefficient (Wildman–Crippen LogP) is 2.42. The predicted molar refractivity (Wildman–Crippen MR) is 58.6 cm³/mol. The van der Waals surface area contributed by atoms with Gasteiger partial charge >= 0.3 is 0 Å². The maximum atomic E-state index is 10.3. The maximum Gasteiger partial charge on any atom is 0.103 e. The zero-order valence-corrected chi connectivity index (χ0v) is 9.24. The number of fused-ring (bicyclic) bond motifs is 1. The molecular formula is C13H20O2. The molecule has 2 fully saturated rings. The van der Waals surface area contributed by atoms with Crippen LogP contribution in [0, 0.1) is 5.41 Å². The Morgan fingerprint density at radius 3 is 2.60 bits per heavy atom. The Balaban J connectivity index is 2.01. The zero-order valence-electron chi connectivity index (χ0n) is 9.24. The van der Waals surface area contributed by atoms with E-state index in [4.69, 9.17) is 4.74 Å². The van der Waals surface area contributed by atoms with Crippen molar-refractivity contribution >= 4 is 0 Å². The lowest BCUT2D eigenvalue weighted by Gasteiger charge is -2.50. The summed E-state index contributed by atoms with van der Waals surface area (Å²) in [5.74, 6) is 0. The summed E-state index contributed by atoms with van der Waals surface area (Å²) in [5.41, 5.74) is 0.0376. The Bertz CT molecular complexity index is 270. The normalized spacial score (nSPS) is 43.1. The van der Waals surface area contributed by atoms with Crippen LogP contribution in [0.1, 0.15) is 44.9 Å². The van der Waals surface area contributed by atoms with Gasteiger partial charge in [-0.3, -0.25) is 0 Å².